The van der Waals surface area contributed by atoms with E-state index in [2.05, 4.69) is 0 Å². The molecule has 0 bridgehead atoms. The Hall–Kier alpha value is -1.06. The third kappa shape index (κ3) is 3.83. The number of benzene rings is 1. The fourth-order valence-electron chi connectivity index (χ4n) is 1.52. The van der Waals surface area contributed by atoms with E-state index in [9.17, 15) is 9.90 Å². The van der Waals surface area contributed by atoms with E-state index in [0.29, 0.717) is 11.6 Å². The van der Waals surface area contributed by atoms with Crippen LogP contribution in [0.25, 0.3) is 0 Å². The number of hydrogen-bond acceptors (Lipinski definition) is 2. The van der Waals surface area contributed by atoms with Gasteiger partial charge in [-0.3, -0.25) is 0 Å². The minimum Gasteiger partial charge on any atom is -0.544 e. The van der Waals surface area contributed by atoms with E-state index < -0.39 is 12.0 Å². The molecule has 1 rings (SSSR count). The highest BCUT2D eigenvalue weighted by atomic mass is 35.5. The van der Waals surface area contributed by atoms with Crippen molar-refractivity contribution in [3.05, 3.63) is 34.9 Å². The molecule has 0 amide bonds. The smallest absolute Gasteiger partial charge is 0.129 e. The first kappa shape index (κ1) is 13.0. The van der Waals surface area contributed by atoms with E-state index in [1.54, 1.807) is 17.4 Å². The Morgan fingerprint density at radius 2 is 1.94 bits per heavy atom. The lowest BCUT2D eigenvalue weighted by Crippen LogP contribution is -2.93. The number of aliphatic carboxylic acids is 1. The molecule has 16 heavy (non-hydrogen) atoms. The Kier molecular flexibility index (Phi) is 4.77. The zero-order chi connectivity index (χ0) is 12.1. The molecular formula is C12H16ClNO2. The van der Waals surface area contributed by atoms with E-state index in [-0.39, 0.29) is 5.92 Å². The van der Waals surface area contributed by atoms with E-state index >= 15 is 0 Å². The van der Waals surface area contributed by atoms with Crippen LogP contribution in [0.5, 0.6) is 0 Å². The Bertz CT molecular complexity index is 349. The van der Waals surface area contributed by atoms with E-state index in [0.717, 1.165) is 5.56 Å². The molecule has 2 N–H and O–H groups in total. The summed E-state index contributed by atoms with van der Waals surface area (Å²) in [6, 6.07) is 6.88. The molecule has 0 aromatic heterocycles. The number of quaternary nitrogens is 1. The van der Waals surface area contributed by atoms with Gasteiger partial charge in [0, 0.05) is 16.5 Å². The molecule has 0 heterocycles. The third-order valence-corrected chi connectivity index (χ3v) is 2.76. The summed E-state index contributed by atoms with van der Waals surface area (Å²) >= 11 is 5.76. The van der Waals surface area contributed by atoms with Crippen LogP contribution in [0.2, 0.25) is 5.02 Å². The van der Waals surface area contributed by atoms with Crippen LogP contribution in [0.1, 0.15) is 19.4 Å². The third-order valence-electron chi connectivity index (χ3n) is 2.51. The van der Waals surface area contributed by atoms with Crippen molar-refractivity contribution < 1.29 is 15.2 Å². The number of carboxylic acids is 1. The molecule has 88 valence electrons. The Morgan fingerprint density at radius 1 is 1.38 bits per heavy atom. The highest BCUT2D eigenvalue weighted by Crippen LogP contribution is 2.08. The number of nitrogens with two attached hydrogens (primary N) is 1. The number of rotatable bonds is 5. The van der Waals surface area contributed by atoms with Gasteiger partial charge in [-0.15, -0.1) is 0 Å². The van der Waals surface area contributed by atoms with Crippen LogP contribution in [0.3, 0.4) is 0 Å². The number of hydrogen-bond donors (Lipinski definition) is 1. The highest BCUT2D eigenvalue weighted by Gasteiger charge is 2.17. The second-order valence-corrected chi connectivity index (χ2v) is 4.59. The monoisotopic (exact) mass is 241 g/mol. The van der Waals surface area contributed by atoms with Crippen molar-refractivity contribution >= 4 is 17.6 Å². The van der Waals surface area contributed by atoms with Crippen molar-refractivity contribution in [2.45, 2.75) is 26.4 Å². The Morgan fingerprint density at radius 3 is 2.38 bits per heavy atom. The molecule has 0 fully saturated rings. The predicted octanol–water partition coefficient (Wildman–Crippen LogP) is 0.178. The lowest BCUT2D eigenvalue weighted by molar-refractivity contribution is -0.703. The molecule has 0 saturated carbocycles. The second-order valence-electron chi connectivity index (χ2n) is 4.16. The zero-order valence-corrected chi connectivity index (χ0v) is 10.2. The van der Waals surface area contributed by atoms with E-state index in [1.165, 1.54) is 0 Å². The van der Waals surface area contributed by atoms with Gasteiger partial charge in [0.25, 0.3) is 0 Å². The van der Waals surface area contributed by atoms with Crippen LogP contribution in [0.4, 0.5) is 0 Å². The summed E-state index contributed by atoms with van der Waals surface area (Å²) in [4.78, 5) is 10.9. The number of carbonyl (C=O) groups is 1. The van der Waals surface area contributed by atoms with Gasteiger partial charge in [-0.2, -0.15) is 0 Å². The standard InChI is InChI=1S/C12H16ClNO2/c1-8(2)11(12(15)16)14-7-9-3-5-10(13)6-4-9/h3-6,8,11,14H,7H2,1-2H3,(H,15,16)/t11-/m1/s1. The van der Waals surface area contributed by atoms with Crippen LogP contribution in [0, 0.1) is 5.92 Å². The van der Waals surface area contributed by atoms with E-state index in [4.69, 9.17) is 11.6 Å². The van der Waals surface area contributed by atoms with Gasteiger partial charge < -0.3 is 15.2 Å². The fraction of sp³-hybridized carbons (Fsp3) is 0.417. The normalized spacial score (nSPS) is 12.8. The van der Waals surface area contributed by atoms with Crippen LogP contribution in [-0.4, -0.2) is 12.0 Å². The minimum atomic E-state index is -1.01. The van der Waals surface area contributed by atoms with Crippen LogP contribution < -0.4 is 10.4 Å². The maximum atomic E-state index is 10.9. The maximum Gasteiger partial charge on any atom is 0.129 e. The number of carboxylic acid groups (broad SMARTS) is 1. The van der Waals surface area contributed by atoms with Crippen molar-refractivity contribution in [2.75, 3.05) is 0 Å². The van der Waals surface area contributed by atoms with Gasteiger partial charge in [-0.25, -0.2) is 0 Å². The molecule has 1 aromatic rings. The number of halogens is 1. The molecule has 4 heteroatoms. The van der Waals surface area contributed by atoms with Gasteiger partial charge in [-0.1, -0.05) is 37.6 Å². The average Bonchev–Trinajstić information content (AvgIpc) is 2.20. The summed E-state index contributed by atoms with van der Waals surface area (Å²) in [5.41, 5.74) is 1.05. The first-order valence-corrected chi connectivity index (χ1v) is 5.67. The topological polar surface area (TPSA) is 56.7 Å². The quantitative estimate of drug-likeness (QED) is 0.800. The van der Waals surface area contributed by atoms with Gasteiger partial charge in [0.2, 0.25) is 0 Å². The van der Waals surface area contributed by atoms with Crippen LogP contribution >= 0.6 is 11.6 Å². The molecule has 1 atom stereocenters. The SMILES string of the molecule is CC(C)[C@@H]([NH2+]Cc1ccc(Cl)cc1)C(=O)[O-]. The molecule has 0 unspecified atom stereocenters. The largest absolute Gasteiger partial charge is 0.544 e. The molecule has 0 radical (unpaired) electrons. The van der Waals surface area contributed by atoms with Crippen molar-refractivity contribution in [2.24, 2.45) is 5.92 Å². The lowest BCUT2D eigenvalue weighted by atomic mass is 10.0. The first-order chi connectivity index (χ1) is 7.50. The van der Waals surface area contributed by atoms with Crippen molar-refractivity contribution in [1.29, 1.82) is 0 Å². The molecule has 0 aliphatic heterocycles. The predicted molar refractivity (Wildman–Crippen MR) is 60.7 cm³/mol. The van der Waals surface area contributed by atoms with E-state index in [1.807, 2.05) is 26.0 Å². The van der Waals surface area contributed by atoms with Crippen molar-refractivity contribution in [1.82, 2.24) is 0 Å². The Labute approximate surface area is 100 Å². The lowest BCUT2D eigenvalue weighted by Gasteiger charge is -2.19. The maximum absolute atomic E-state index is 10.9. The molecule has 0 saturated heterocycles. The molecule has 1 aromatic carbocycles. The van der Waals surface area contributed by atoms with Gasteiger partial charge >= 0.3 is 0 Å². The van der Waals surface area contributed by atoms with Crippen LogP contribution in [-0.2, 0) is 11.3 Å². The highest BCUT2D eigenvalue weighted by molar-refractivity contribution is 6.30. The van der Waals surface area contributed by atoms with Gasteiger partial charge in [-0.05, 0) is 12.1 Å². The summed E-state index contributed by atoms with van der Waals surface area (Å²) in [6.45, 7) is 4.37. The number of carbonyl (C=O) groups excluding carboxylic acids is 1. The summed E-state index contributed by atoms with van der Waals surface area (Å²) in [5.74, 6) is -0.957. The molecule has 0 aliphatic rings. The first-order valence-electron chi connectivity index (χ1n) is 5.29. The summed E-state index contributed by atoms with van der Waals surface area (Å²) in [5, 5.41) is 13.3. The van der Waals surface area contributed by atoms with Crippen molar-refractivity contribution in [3.63, 3.8) is 0 Å². The fourth-order valence-corrected chi connectivity index (χ4v) is 1.65. The van der Waals surface area contributed by atoms with Crippen molar-refractivity contribution in [3.8, 4) is 0 Å². The average molecular weight is 242 g/mol. The summed E-state index contributed by atoms with van der Waals surface area (Å²) in [6.07, 6.45) is 0. The zero-order valence-electron chi connectivity index (χ0n) is 9.44. The van der Waals surface area contributed by atoms with Gasteiger partial charge in [0.1, 0.15) is 12.6 Å². The van der Waals surface area contributed by atoms with Gasteiger partial charge in [0.15, 0.2) is 0 Å². The molecule has 3 nitrogen and oxygen atoms in total. The molecule has 0 spiro atoms. The summed E-state index contributed by atoms with van der Waals surface area (Å²) in [7, 11) is 0. The minimum absolute atomic E-state index is 0.0531. The molecular weight excluding hydrogens is 226 g/mol. The van der Waals surface area contributed by atoms with Crippen LogP contribution in [0.15, 0.2) is 24.3 Å². The van der Waals surface area contributed by atoms with Gasteiger partial charge in [0.05, 0.1) is 5.97 Å². The Balaban J connectivity index is 2.55. The molecule has 0 aliphatic carbocycles. The summed E-state index contributed by atoms with van der Waals surface area (Å²) < 4.78 is 0. The second kappa shape index (κ2) is 5.87.